The summed E-state index contributed by atoms with van der Waals surface area (Å²) in [6.45, 7) is 3.59. The maximum absolute atomic E-state index is 11.0. The van der Waals surface area contributed by atoms with Gasteiger partial charge in [0.1, 0.15) is 5.75 Å². The van der Waals surface area contributed by atoms with Gasteiger partial charge in [0.2, 0.25) is 0 Å². The Labute approximate surface area is 107 Å². The molecule has 2 rings (SSSR count). The molecule has 0 unspecified atom stereocenters. The van der Waals surface area contributed by atoms with Crippen LogP contribution in [-0.4, -0.2) is 36.2 Å². The number of aliphatic carboxylic acids is 1. The van der Waals surface area contributed by atoms with Crippen LogP contribution in [-0.2, 0) is 4.79 Å². The molecule has 0 radical (unpaired) electrons. The summed E-state index contributed by atoms with van der Waals surface area (Å²) in [5, 5.41) is 9.02. The second kappa shape index (κ2) is 5.40. The number of carboxylic acid groups (broad SMARTS) is 1. The first kappa shape index (κ1) is 12.9. The predicted molar refractivity (Wildman–Crippen MR) is 68.7 cm³/mol. The molecule has 0 aromatic heterocycles. The van der Waals surface area contributed by atoms with Crippen LogP contribution >= 0.6 is 0 Å². The van der Waals surface area contributed by atoms with E-state index in [1.807, 2.05) is 18.2 Å². The van der Waals surface area contributed by atoms with Crippen LogP contribution in [0.15, 0.2) is 24.3 Å². The van der Waals surface area contributed by atoms with E-state index in [0.29, 0.717) is 6.54 Å². The van der Waals surface area contributed by atoms with Gasteiger partial charge in [-0.05, 0) is 37.6 Å². The third kappa shape index (κ3) is 2.64. The van der Waals surface area contributed by atoms with Crippen molar-refractivity contribution in [3.63, 3.8) is 0 Å². The number of hydrogen-bond acceptors (Lipinski definition) is 3. The van der Waals surface area contributed by atoms with Gasteiger partial charge in [-0.15, -0.1) is 0 Å². The van der Waals surface area contributed by atoms with Crippen molar-refractivity contribution in [2.75, 3.05) is 20.2 Å². The quantitative estimate of drug-likeness (QED) is 0.888. The van der Waals surface area contributed by atoms with Crippen LogP contribution in [0.1, 0.15) is 24.9 Å². The first-order chi connectivity index (χ1) is 8.61. The second-order valence-electron chi connectivity index (χ2n) is 4.77. The molecule has 2 atom stereocenters. The van der Waals surface area contributed by atoms with Crippen LogP contribution in [0.2, 0.25) is 0 Å². The Balaban J connectivity index is 2.07. The van der Waals surface area contributed by atoms with Crippen molar-refractivity contribution in [1.82, 2.24) is 4.90 Å². The topological polar surface area (TPSA) is 49.8 Å². The number of ether oxygens (including phenoxy) is 1. The van der Waals surface area contributed by atoms with Gasteiger partial charge in [0.15, 0.2) is 0 Å². The van der Waals surface area contributed by atoms with Crippen molar-refractivity contribution in [3.8, 4) is 5.75 Å². The number of rotatable bonds is 4. The molecule has 0 saturated carbocycles. The van der Waals surface area contributed by atoms with E-state index < -0.39 is 5.97 Å². The minimum absolute atomic E-state index is 0.224. The van der Waals surface area contributed by atoms with E-state index in [1.165, 1.54) is 5.56 Å². The van der Waals surface area contributed by atoms with Crippen LogP contribution in [0.3, 0.4) is 0 Å². The molecule has 1 heterocycles. The minimum Gasteiger partial charge on any atom is -0.497 e. The Morgan fingerprint density at radius 3 is 2.94 bits per heavy atom. The summed E-state index contributed by atoms with van der Waals surface area (Å²) >= 11 is 0. The van der Waals surface area contributed by atoms with Gasteiger partial charge in [0.25, 0.3) is 0 Å². The molecule has 98 valence electrons. The van der Waals surface area contributed by atoms with Crippen LogP contribution in [0.5, 0.6) is 5.75 Å². The third-order valence-electron chi connectivity index (χ3n) is 3.69. The van der Waals surface area contributed by atoms with Gasteiger partial charge in [-0.2, -0.15) is 0 Å². The van der Waals surface area contributed by atoms with E-state index in [1.54, 1.807) is 7.11 Å². The molecule has 4 heteroatoms. The van der Waals surface area contributed by atoms with Crippen molar-refractivity contribution in [2.45, 2.75) is 19.4 Å². The number of carbonyl (C=O) groups is 1. The van der Waals surface area contributed by atoms with Crippen LogP contribution < -0.4 is 4.74 Å². The molecule has 1 aliphatic rings. The maximum atomic E-state index is 11.0. The first-order valence-electron chi connectivity index (χ1n) is 6.22. The van der Waals surface area contributed by atoms with Gasteiger partial charge < -0.3 is 9.84 Å². The lowest BCUT2D eigenvalue weighted by atomic mass is 10.1. The average Bonchev–Trinajstić information content (AvgIpc) is 2.87. The molecule has 1 fully saturated rings. The Kier molecular flexibility index (Phi) is 3.87. The number of likely N-dealkylation sites (tertiary alicyclic amines) is 1. The molecule has 1 aromatic rings. The maximum Gasteiger partial charge on any atom is 0.307 e. The molecule has 1 saturated heterocycles. The average molecular weight is 249 g/mol. The van der Waals surface area contributed by atoms with E-state index in [2.05, 4.69) is 17.9 Å². The summed E-state index contributed by atoms with van der Waals surface area (Å²) in [5.74, 6) is -0.0678. The van der Waals surface area contributed by atoms with E-state index in [0.717, 1.165) is 18.7 Å². The van der Waals surface area contributed by atoms with E-state index in [-0.39, 0.29) is 12.0 Å². The second-order valence-corrected chi connectivity index (χ2v) is 4.77. The van der Waals surface area contributed by atoms with Crippen molar-refractivity contribution >= 4 is 5.97 Å². The third-order valence-corrected chi connectivity index (χ3v) is 3.69. The summed E-state index contributed by atoms with van der Waals surface area (Å²) < 4.78 is 5.21. The Bertz CT molecular complexity index is 433. The molecule has 0 amide bonds. The zero-order valence-corrected chi connectivity index (χ0v) is 10.8. The van der Waals surface area contributed by atoms with E-state index in [9.17, 15) is 4.79 Å². The monoisotopic (exact) mass is 249 g/mol. The highest BCUT2D eigenvalue weighted by Crippen LogP contribution is 2.29. The number of nitrogens with zero attached hydrogens (tertiary/aromatic N) is 1. The molecule has 4 nitrogen and oxygen atoms in total. The van der Waals surface area contributed by atoms with Gasteiger partial charge in [0, 0.05) is 12.6 Å². The van der Waals surface area contributed by atoms with Gasteiger partial charge in [-0.3, -0.25) is 9.69 Å². The molecule has 1 N–H and O–H groups in total. The first-order valence-corrected chi connectivity index (χ1v) is 6.22. The number of benzene rings is 1. The van der Waals surface area contributed by atoms with Crippen LogP contribution in [0, 0.1) is 5.92 Å². The Hall–Kier alpha value is -1.55. The Morgan fingerprint density at radius 1 is 1.56 bits per heavy atom. The molecular formula is C14H19NO3. The summed E-state index contributed by atoms with van der Waals surface area (Å²) in [7, 11) is 1.65. The number of methoxy groups -OCH3 is 1. The smallest absolute Gasteiger partial charge is 0.307 e. The Morgan fingerprint density at radius 2 is 2.33 bits per heavy atom. The number of hydrogen-bond donors (Lipinski definition) is 1. The lowest BCUT2D eigenvalue weighted by Gasteiger charge is -2.24. The molecular weight excluding hydrogens is 230 g/mol. The number of carboxylic acids is 1. The molecule has 1 aliphatic heterocycles. The molecule has 1 aromatic carbocycles. The summed E-state index contributed by atoms with van der Waals surface area (Å²) in [6, 6.07) is 8.18. The fourth-order valence-electron chi connectivity index (χ4n) is 2.45. The largest absolute Gasteiger partial charge is 0.497 e. The van der Waals surface area contributed by atoms with Gasteiger partial charge >= 0.3 is 5.97 Å². The highest BCUT2D eigenvalue weighted by molar-refractivity contribution is 5.70. The van der Waals surface area contributed by atoms with Crippen LogP contribution in [0.25, 0.3) is 0 Å². The molecule has 0 aliphatic carbocycles. The molecule has 0 spiro atoms. The van der Waals surface area contributed by atoms with E-state index in [4.69, 9.17) is 9.84 Å². The van der Waals surface area contributed by atoms with Crippen molar-refractivity contribution < 1.29 is 14.6 Å². The standard InChI is InChI=1S/C14H19NO3/c1-10(11-4-3-5-13(8-11)18-2)15-7-6-12(9-15)14(16)17/h3-5,8,10,12H,6-7,9H2,1-2H3,(H,16,17)/t10-,12+/m1/s1. The summed E-state index contributed by atoms with van der Waals surface area (Å²) in [5.41, 5.74) is 1.17. The van der Waals surface area contributed by atoms with Crippen molar-refractivity contribution in [2.24, 2.45) is 5.92 Å². The van der Waals surface area contributed by atoms with Crippen LogP contribution in [0.4, 0.5) is 0 Å². The highest BCUT2D eigenvalue weighted by Gasteiger charge is 2.30. The summed E-state index contributed by atoms with van der Waals surface area (Å²) in [4.78, 5) is 13.2. The van der Waals surface area contributed by atoms with Gasteiger partial charge in [-0.25, -0.2) is 0 Å². The SMILES string of the molecule is COc1cccc([C@@H](C)N2CC[C@H](C(=O)O)C2)c1. The summed E-state index contributed by atoms with van der Waals surface area (Å²) in [6.07, 6.45) is 0.740. The fourth-order valence-corrected chi connectivity index (χ4v) is 2.45. The van der Waals surface area contributed by atoms with Gasteiger partial charge in [-0.1, -0.05) is 12.1 Å². The van der Waals surface area contributed by atoms with Crippen molar-refractivity contribution in [3.05, 3.63) is 29.8 Å². The zero-order valence-electron chi connectivity index (χ0n) is 10.8. The normalized spacial score (nSPS) is 21.8. The zero-order chi connectivity index (χ0) is 13.1. The minimum atomic E-state index is -0.685. The highest BCUT2D eigenvalue weighted by atomic mass is 16.5. The van der Waals surface area contributed by atoms with E-state index >= 15 is 0 Å². The molecule has 0 bridgehead atoms. The predicted octanol–water partition coefficient (Wildman–Crippen LogP) is 2.16. The molecule has 18 heavy (non-hydrogen) atoms. The lowest BCUT2D eigenvalue weighted by molar-refractivity contribution is -0.141. The van der Waals surface area contributed by atoms with Crippen molar-refractivity contribution in [1.29, 1.82) is 0 Å². The fraction of sp³-hybridized carbons (Fsp3) is 0.500. The van der Waals surface area contributed by atoms with Gasteiger partial charge in [0.05, 0.1) is 13.0 Å². The lowest BCUT2D eigenvalue weighted by Crippen LogP contribution is -2.26.